The molecule has 138 valence electrons. The number of nitrogens with one attached hydrogen (secondary N) is 1. The van der Waals surface area contributed by atoms with E-state index in [9.17, 15) is 13.2 Å². The van der Waals surface area contributed by atoms with Gasteiger partial charge in [-0.1, -0.05) is 17.7 Å². The first-order valence-corrected chi connectivity index (χ1v) is 9.85. The molecule has 1 saturated heterocycles. The van der Waals surface area contributed by atoms with Crippen molar-refractivity contribution in [1.82, 2.24) is 4.72 Å². The summed E-state index contributed by atoms with van der Waals surface area (Å²) in [6.45, 7) is 4.12. The number of rotatable bonds is 5. The van der Waals surface area contributed by atoms with E-state index in [2.05, 4.69) is 4.72 Å². The summed E-state index contributed by atoms with van der Waals surface area (Å²) in [5.74, 6) is 0.455. The Balaban J connectivity index is 1.77. The number of anilines is 1. The van der Waals surface area contributed by atoms with Crippen LogP contribution in [0.1, 0.15) is 17.5 Å². The third-order valence-corrected chi connectivity index (χ3v) is 6.14. The van der Waals surface area contributed by atoms with Gasteiger partial charge in [-0.15, -0.1) is 0 Å². The second kappa shape index (κ2) is 7.09. The monoisotopic (exact) mass is 374 g/mol. The van der Waals surface area contributed by atoms with Gasteiger partial charge in [0.1, 0.15) is 11.8 Å². The van der Waals surface area contributed by atoms with Crippen LogP contribution in [0, 0.1) is 13.8 Å². The smallest absolute Gasteiger partial charge is 0.245 e. The minimum absolute atomic E-state index is 0.207. The van der Waals surface area contributed by atoms with Gasteiger partial charge in [-0.3, -0.25) is 4.79 Å². The summed E-state index contributed by atoms with van der Waals surface area (Å²) in [6, 6.07) is 11.5. The molecule has 6 nitrogen and oxygen atoms in total. The van der Waals surface area contributed by atoms with Crippen molar-refractivity contribution in [2.75, 3.05) is 18.6 Å². The Morgan fingerprint density at radius 3 is 2.42 bits per heavy atom. The van der Waals surface area contributed by atoms with Crippen molar-refractivity contribution in [2.24, 2.45) is 0 Å². The summed E-state index contributed by atoms with van der Waals surface area (Å²) in [4.78, 5) is 14.5. The first kappa shape index (κ1) is 18.4. The predicted octanol–water partition coefficient (Wildman–Crippen LogP) is 2.40. The Morgan fingerprint density at radius 1 is 1.12 bits per heavy atom. The van der Waals surface area contributed by atoms with Crippen LogP contribution in [0.15, 0.2) is 47.4 Å². The average molecular weight is 374 g/mol. The van der Waals surface area contributed by atoms with E-state index in [1.807, 2.05) is 13.0 Å². The Kier molecular flexibility index (Phi) is 5.02. The van der Waals surface area contributed by atoms with Crippen LogP contribution < -0.4 is 14.4 Å². The molecule has 1 aliphatic rings. The van der Waals surface area contributed by atoms with Gasteiger partial charge in [-0.25, -0.2) is 8.42 Å². The maximum Gasteiger partial charge on any atom is 0.245 e. The number of methoxy groups -OCH3 is 1. The van der Waals surface area contributed by atoms with E-state index in [4.69, 9.17) is 4.74 Å². The van der Waals surface area contributed by atoms with Crippen molar-refractivity contribution in [2.45, 2.75) is 31.2 Å². The third kappa shape index (κ3) is 3.59. The van der Waals surface area contributed by atoms with Gasteiger partial charge in [-0.2, -0.15) is 4.72 Å². The van der Waals surface area contributed by atoms with Crippen LogP contribution in [-0.2, 0) is 14.8 Å². The van der Waals surface area contributed by atoms with E-state index in [0.717, 1.165) is 11.3 Å². The van der Waals surface area contributed by atoms with Crippen molar-refractivity contribution < 1.29 is 17.9 Å². The summed E-state index contributed by atoms with van der Waals surface area (Å²) in [5, 5.41) is 0. The van der Waals surface area contributed by atoms with Gasteiger partial charge in [0.25, 0.3) is 0 Å². The molecule has 0 saturated carbocycles. The van der Waals surface area contributed by atoms with E-state index >= 15 is 0 Å². The summed E-state index contributed by atoms with van der Waals surface area (Å²) < 4.78 is 33.1. The van der Waals surface area contributed by atoms with Crippen molar-refractivity contribution in [3.8, 4) is 5.75 Å². The van der Waals surface area contributed by atoms with E-state index < -0.39 is 16.1 Å². The molecule has 3 rings (SSSR count). The zero-order chi connectivity index (χ0) is 18.9. The van der Waals surface area contributed by atoms with E-state index in [0.29, 0.717) is 24.3 Å². The van der Waals surface area contributed by atoms with Gasteiger partial charge < -0.3 is 9.64 Å². The van der Waals surface area contributed by atoms with Gasteiger partial charge >= 0.3 is 0 Å². The number of nitrogens with zero attached hydrogens (tertiary/aromatic N) is 1. The van der Waals surface area contributed by atoms with Crippen molar-refractivity contribution in [3.63, 3.8) is 0 Å². The molecule has 2 aromatic rings. The Morgan fingerprint density at radius 2 is 1.81 bits per heavy atom. The number of hydrogen-bond donors (Lipinski definition) is 1. The molecule has 1 aliphatic heterocycles. The Labute approximate surface area is 153 Å². The zero-order valence-electron chi connectivity index (χ0n) is 15.0. The van der Waals surface area contributed by atoms with Crippen LogP contribution in [-0.4, -0.2) is 34.0 Å². The molecule has 0 aliphatic carbocycles. The molecule has 0 aromatic heterocycles. The molecule has 26 heavy (non-hydrogen) atoms. The topological polar surface area (TPSA) is 75.7 Å². The lowest BCUT2D eigenvalue weighted by atomic mass is 10.2. The normalized spacial score (nSPS) is 17.6. The van der Waals surface area contributed by atoms with Crippen LogP contribution in [0.25, 0.3) is 0 Å². The number of sulfonamides is 1. The van der Waals surface area contributed by atoms with Crippen LogP contribution in [0.3, 0.4) is 0 Å². The minimum atomic E-state index is -3.76. The fourth-order valence-corrected chi connectivity index (χ4v) is 4.61. The maximum absolute atomic E-state index is 12.7. The first-order chi connectivity index (χ1) is 12.3. The molecule has 7 heteroatoms. The van der Waals surface area contributed by atoms with Crippen LogP contribution in [0.5, 0.6) is 5.75 Å². The zero-order valence-corrected chi connectivity index (χ0v) is 15.8. The number of hydrogen-bond acceptors (Lipinski definition) is 4. The standard InChI is InChI=1S/C19H22N2O4S/c1-13-4-9-18(14(2)12-13)26(23,24)20-17-10-11-21(19(17)22)15-5-7-16(25-3)8-6-15/h4-9,12,17,20H,10-11H2,1-3H3/t17-/m1/s1. The quantitative estimate of drug-likeness (QED) is 0.872. The minimum Gasteiger partial charge on any atom is -0.497 e. The summed E-state index contributed by atoms with van der Waals surface area (Å²) >= 11 is 0. The predicted molar refractivity (Wildman–Crippen MR) is 100.0 cm³/mol. The lowest BCUT2D eigenvalue weighted by Crippen LogP contribution is -2.41. The summed E-state index contributed by atoms with van der Waals surface area (Å²) in [5.41, 5.74) is 2.38. The van der Waals surface area contributed by atoms with Gasteiger partial charge in [0.2, 0.25) is 15.9 Å². The van der Waals surface area contributed by atoms with Gasteiger partial charge in [-0.05, 0) is 56.2 Å². The van der Waals surface area contributed by atoms with E-state index in [1.54, 1.807) is 55.3 Å². The molecule has 0 unspecified atom stereocenters. The molecule has 0 spiro atoms. The maximum atomic E-state index is 12.7. The summed E-state index contributed by atoms with van der Waals surface area (Å²) in [6.07, 6.45) is 0.426. The highest BCUT2D eigenvalue weighted by molar-refractivity contribution is 7.89. The number of ether oxygens (including phenoxy) is 1. The second-order valence-corrected chi connectivity index (χ2v) is 8.10. The van der Waals surface area contributed by atoms with Gasteiger partial charge in [0, 0.05) is 12.2 Å². The molecule has 1 amide bonds. The summed E-state index contributed by atoms with van der Waals surface area (Å²) in [7, 11) is -2.18. The molecule has 2 aromatic carbocycles. The van der Waals surface area contributed by atoms with Crippen molar-refractivity contribution in [3.05, 3.63) is 53.6 Å². The van der Waals surface area contributed by atoms with Crippen molar-refractivity contribution in [1.29, 1.82) is 0 Å². The van der Waals surface area contributed by atoms with Crippen molar-refractivity contribution >= 4 is 21.6 Å². The first-order valence-electron chi connectivity index (χ1n) is 8.37. The highest BCUT2D eigenvalue weighted by atomic mass is 32.2. The molecule has 1 heterocycles. The van der Waals surface area contributed by atoms with E-state index in [1.165, 1.54) is 0 Å². The molecule has 0 radical (unpaired) electrons. The molecule has 1 N–H and O–H groups in total. The van der Waals surface area contributed by atoms with Gasteiger partial charge in [0.15, 0.2) is 0 Å². The number of carbonyl (C=O) groups is 1. The second-order valence-electron chi connectivity index (χ2n) is 6.42. The van der Waals surface area contributed by atoms with Crippen LogP contribution in [0.4, 0.5) is 5.69 Å². The Bertz CT molecular complexity index is 923. The fourth-order valence-electron chi connectivity index (χ4n) is 3.16. The average Bonchev–Trinajstić information content (AvgIpc) is 2.94. The highest BCUT2D eigenvalue weighted by Gasteiger charge is 2.36. The Hall–Kier alpha value is -2.38. The molecular formula is C19H22N2O4S. The third-order valence-electron chi connectivity index (χ3n) is 4.51. The van der Waals surface area contributed by atoms with E-state index in [-0.39, 0.29) is 10.8 Å². The lowest BCUT2D eigenvalue weighted by Gasteiger charge is -2.18. The lowest BCUT2D eigenvalue weighted by molar-refractivity contribution is -0.118. The number of amides is 1. The number of aryl methyl sites for hydroxylation is 2. The largest absolute Gasteiger partial charge is 0.497 e. The van der Waals surface area contributed by atoms with Gasteiger partial charge in [0.05, 0.1) is 12.0 Å². The fraction of sp³-hybridized carbons (Fsp3) is 0.316. The van der Waals surface area contributed by atoms with Crippen LogP contribution in [0.2, 0.25) is 0 Å². The van der Waals surface area contributed by atoms with Crippen LogP contribution >= 0.6 is 0 Å². The number of benzene rings is 2. The molecule has 1 fully saturated rings. The number of carbonyl (C=O) groups excluding carboxylic acids is 1. The SMILES string of the molecule is COc1ccc(N2CC[C@@H](NS(=O)(=O)c3ccc(C)cc3C)C2=O)cc1. The molecule has 1 atom stereocenters. The molecule has 0 bridgehead atoms. The molecular weight excluding hydrogens is 352 g/mol. The highest BCUT2D eigenvalue weighted by Crippen LogP contribution is 2.25.